The minimum atomic E-state index is 0.535. The predicted molar refractivity (Wildman–Crippen MR) is 69.6 cm³/mol. The van der Waals surface area contributed by atoms with Crippen molar-refractivity contribution in [3.8, 4) is 5.75 Å². The number of benzene rings is 1. The molecule has 0 bridgehead atoms. The number of nitrogens with one attached hydrogen (secondary N) is 2. The Kier molecular flexibility index (Phi) is 4.28. The van der Waals surface area contributed by atoms with E-state index in [1.54, 1.807) is 0 Å². The second-order valence-corrected chi connectivity index (χ2v) is 7.21. The molecular weight excluding hydrogens is 247 g/mol. The SMILES string of the molecule is Cc1ccc(C)c(ON2PNPNP2)c1. The van der Waals surface area contributed by atoms with Crippen LogP contribution in [0, 0.1) is 13.8 Å². The largest absolute Gasteiger partial charge is 0.396 e. The lowest BCUT2D eigenvalue weighted by atomic mass is 10.1. The van der Waals surface area contributed by atoms with Crippen LogP contribution in [0.15, 0.2) is 18.2 Å². The highest BCUT2D eigenvalue weighted by molar-refractivity contribution is 7.65. The monoisotopic (exact) mass is 261 g/mol. The Balaban J connectivity index is 2.05. The summed E-state index contributed by atoms with van der Waals surface area (Å²) in [7, 11) is 1.72. The van der Waals surface area contributed by atoms with Gasteiger partial charge in [0.25, 0.3) is 0 Å². The van der Waals surface area contributed by atoms with E-state index in [0.29, 0.717) is 26.6 Å². The zero-order valence-corrected chi connectivity index (χ0v) is 11.6. The summed E-state index contributed by atoms with van der Waals surface area (Å²) < 4.78 is 1.93. The molecular formula is C8H14N3OP3. The van der Waals surface area contributed by atoms with Crippen molar-refractivity contribution >= 4 is 26.6 Å². The van der Waals surface area contributed by atoms with E-state index in [1.807, 2.05) is 4.60 Å². The average molecular weight is 261 g/mol. The molecule has 1 saturated heterocycles. The molecule has 0 spiro atoms. The molecule has 0 aliphatic carbocycles. The van der Waals surface area contributed by atoms with Crippen molar-refractivity contribution in [1.82, 2.24) is 14.3 Å². The van der Waals surface area contributed by atoms with Gasteiger partial charge in [-0.15, -0.1) is 0 Å². The molecule has 1 heterocycles. The fourth-order valence-corrected chi connectivity index (χ4v) is 4.76. The van der Waals surface area contributed by atoms with Crippen molar-refractivity contribution < 1.29 is 4.84 Å². The van der Waals surface area contributed by atoms with Crippen LogP contribution in [0.2, 0.25) is 0 Å². The molecule has 2 N–H and O–H groups in total. The van der Waals surface area contributed by atoms with Gasteiger partial charge >= 0.3 is 0 Å². The molecule has 0 aromatic heterocycles. The Morgan fingerprint density at radius 2 is 1.93 bits per heavy atom. The van der Waals surface area contributed by atoms with Crippen molar-refractivity contribution in [3.63, 3.8) is 0 Å². The summed E-state index contributed by atoms with van der Waals surface area (Å²) in [6.07, 6.45) is 0. The summed E-state index contributed by atoms with van der Waals surface area (Å²) in [5.74, 6) is 0.948. The standard InChI is InChI=1S/C8H14N3OP3/c1-6-3-4-7(2)8(5-6)12-11-14-9-13-10-15-11/h3-5,9-10,13-15H,1-2H3. The predicted octanol–water partition coefficient (Wildman–Crippen LogP) is 2.62. The van der Waals surface area contributed by atoms with Gasteiger partial charge in [0.1, 0.15) is 0 Å². The Labute approximate surface area is 95.2 Å². The molecule has 1 aliphatic heterocycles. The molecule has 1 aromatic rings. The Hall–Kier alpha value is 0.190. The highest BCUT2D eigenvalue weighted by atomic mass is 31.2. The summed E-state index contributed by atoms with van der Waals surface area (Å²) in [4.78, 5) is 12.3. The first-order valence-electron chi connectivity index (χ1n) is 4.57. The molecule has 2 atom stereocenters. The summed E-state index contributed by atoms with van der Waals surface area (Å²) >= 11 is 0. The van der Waals surface area contributed by atoms with Gasteiger partial charge in [0.05, 0.1) is 17.8 Å². The molecule has 0 saturated carbocycles. The van der Waals surface area contributed by atoms with Crippen molar-refractivity contribution in [2.45, 2.75) is 13.8 Å². The van der Waals surface area contributed by atoms with Gasteiger partial charge in [0, 0.05) is 8.88 Å². The number of hydrogen-bond acceptors (Lipinski definition) is 4. The van der Waals surface area contributed by atoms with Gasteiger partial charge in [-0.25, -0.2) is 0 Å². The zero-order valence-electron chi connectivity index (χ0n) is 8.59. The molecule has 2 rings (SSSR count). The first-order chi connectivity index (χ1) is 7.25. The van der Waals surface area contributed by atoms with Crippen LogP contribution in [-0.4, -0.2) is 4.60 Å². The fourth-order valence-electron chi connectivity index (χ4n) is 1.17. The smallest absolute Gasteiger partial charge is 0.151 e. The van der Waals surface area contributed by atoms with Gasteiger partial charge in [0.15, 0.2) is 5.75 Å². The highest BCUT2D eigenvalue weighted by Crippen LogP contribution is 2.38. The first-order valence-corrected chi connectivity index (χ1v) is 7.47. The molecule has 7 heteroatoms. The van der Waals surface area contributed by atoms with Crippen LogP contribution in [0.5, 0.6) is 5.75 Å². The Morgan fingerprint density at radius 1 is 1.20 bits per heavy atom. The molecule has 15 heavy (non-hydrogen) atoms. The van der Waals surface area contributed by atoms with E-state index in [4.69, 9.17) is 4.84 Å². The Bertz CT molecular complexity index is 344. The number of nitrogens with zero attached hydrogens (tertiary/aromatic N) is 1. The topological polar surface area (TPSA) is 36.5 Å². The van der Waals surface area contributed by atoms with Gasteiger partial charge < -0.3 is 4.84 Å². The summed E-state index contributed by atoms with van der Waals surface area (Å²) in [5.41, 5.74) is 2.39. The second kappa shape index (κ2) is 5.50. The van der Waals surface area contributed by atoms with E-state index in [1.165, 1.54) is 11.1 Å². The lowest BCUT2D eigenvalue weighted by Gasteiger charge is -2.26. The maximum atomic E-state index is 5.80. The molecule has 1 fully saturated rings. The van der Waals surface area contributed by atoms with Crippen LogP contribution >= 0.6 is 26.6 Å². The van der Waals surface area contributed by atoms with Crippen LogP contribution in [0.4, 0.5) is 0 Å². The third kappa shape index (κ3) is 3.32. The molecule has 2 unspecified atom stereocenters. The third-order valence-electron chi connectivity index (χ3n) is 1.97. The van der Waals surface area contributed by atoms with Gasteiger partial charge in [-0.1, -0.05) is 16.7 Å². The molecule has 82 valence electrons. The van der Waals surface area contributed by atoms with E-state index in [9.17, 15) is 0 Å². The maximum Gasteiger partial charge on any atom is 0.151 e. The molecule has 4 nitrogen and oxygen atoms in total. The van der Waals surface area contributed by atoms with Gasteiger partial charge in [0.2, 0.25) is 0 Å². The van der Waals surface area contributed by atoms with E-state index in [2.05, 4.69) is 41.8 Å². The van der Waals surface area contributed by atoms with E-state index < -0.39 is 0 Å². The summed E-state index contributed by atoms with van der Waals surface area (Å²) in [6, 6.07) is 6.26. The van der Waals surface area contributed by atoms with Crippen molar-refractivity contribution in [3.05, 3.63) is 29.3 Å². The number of aryl methyl sites for hydroxylation is 2. The van der Waals surface area contributed by atoms with Crippen LogP contribution in [0.3, 0.4) is 0 Å². The lowest BCUT2D eigenvalue weighted by molar-refractivity contribution is 0.145. The lowest BCUT2D eigenvalue weighted by Crippen LogP contribution is -2.19. The maximum absolute atomic E-state index is 5.80. The van der Waals surface area contributed by atoms with E-state index in [-0.39, 0.29) is 0 Å². The molecule has 0 amide bonds. The minimum absolute atomic E-state index is 0.535. The zero-order chi connectivity index (χ0) is 10.7. The normalized spacial score (nSPS) is 22.5. The van der Waals surface area contributed by atoms with Crippen LogP contribution in [0.1, 0.15) is 11.1 Å². The van der Waals surface area contributed by atoms with Gasteiger partial charge in [-0.3, -0.25) is 9.72 Å². The Morgan fingerprint density at radius 3 is 2.67 bits per heavy atom. The van der Waals surface area contributed by atoms with E-state index in [0.717, 1.165) is 5.75 Å². The summed E-state index contributed by atoms with van der Waals surface area (Å²) in [6.45, 7) is 4.14. The fraction of sp³-hybridized carbons (Fsp3) is 0.250. The van der Waals surface area contributed by atoms with E-state index >= 15 is 0 Å². The molecule has 1 aliphatic rings. The van der Waals surface area contributed by atoms with Gasteiger partial charge in [-0.05, 0) is 31.0 Å². The van der Waals surface area contributed by atoms with Crippen molar-refractivity contribution in [2.75, 3.05) is 0 Å². The van der Waals surface area contributed by atoms with Crippen LogP contribution < -0.4 is 14.6 Å². The number of hydrogen-bond donors (Lipinski definition) is 2. The summed E-state index contributed by atoms with van der Waals surface area (Å²) in [5, 5.41) is 0. The van der Waals surface area contributed by atoms with Crippen molar-refractivity contribution in [2.24, 2.45) is 0 Å². The third-order valence-corrected chi connectivity index (χ3v) is 5.13. The van der Waals surface area contributed by atoms with Crippen molar-refractivity contribution in [1.29, 1.82) is 0 Å². The quantitative estimate of drug-likeness (QED) is 0.802. The second-order valence-electron chi connectivity index (χ2n) is 3.25. The average Bonchev–Trinajstić information content (AvgIpc) is 2.25. The van der Waals surface area contributed by atoms with Crippen LogP contribution in [-0.2, 0) is 0 Å². The highest BCUT2D eigenvalue weighted by Gasteiger charge is 2.12. The number of rotatable bonds is 2. The van der Waals surface area contributed by atoms with Crippen LogP contribution in [0.25, 0.3) is 0 Å². The molecule has 0 radical (unpaired) electrons. The first kappa shape index (κ1) is 11.7. The molecule has 1 aromatic carbocycles. The minimum Gasteiger partial charge on any atom is -0.396 e. The van der Waals surface area contributed by atoms with Gasteiger partial charge in [-0.2, -0.15) is 0 Å².